The van der Waals surface area contributed by atoms with Crippen LogP contribution in [0.5, 0.6) is 5.75 Å². The van der Waals surface area contributed by atoms with E-state index in [1.165, 1.54) is 12.0 Å². The van der Waals surface area contributed by atoms with Gasteiger partial charge in [-0.1, -0.05) is 18.6 Å². The number of rotatable bonds is 9. The highest BCUT2D eigenvalue weighted by atomic mass is 16.5. The van der Waals surface area contributed by atoms with Gasteiger partial charge >= 0.3 is 0 Å². The second-order valence-electron chi connectivity index (χ2n) is 6.83. The highest BCUT2D eigenvalue weighted by molar-refractivity contribution is 5.79. The van der Waals surface area contributed by atoms with Crippen molar-refractivity contribution in [3.63, 3.8) is 0 Å². The van der Waals surface area contributed by atoms with Crippen molar-refractivity contribution < 1.29 is 9.53 Å². The van der Waals surface area contributed by atoms with E-state index in [1.807, 2.05) is 17.0 Å². The summed E-state index contributed by atoms with van der Waals surface area (Å²) in [6.45, 7) is 6.14. The van der Waals surface area contributed by atoms with Gasteiger partial charge in [0.05, 0.1) is 7.11 Å². The molecule has 0 spiro atoms. The first-order valence-corrected chi connectivity index (χ1v) is 10.2. The molecule has 0 aliphatic carbocycles. The molecule has 150 valence electrons. The number of nitrogens with one attached hydrogen (secondary N) is 2. The monoisotopic (exact) mass is 374 g/mol. The van der Waals surface area contributed by atoms with E-state index in [0.717, 1.165) is 70.1 Å². The molecule has 0 radical (unpaired) electrons. The van der Waals surface area contributed by atoms with Crippen molar-refractivity contribution in [3.8, 4) is 5.75 Å². The fourth-order valence-electron chi connectivity index (χ4n) is 3.22. The zero-order valence-corrected chi connectivity index (χ0v) is 16.8. The quantitative estimate of drug-likeness (QED) is 0.396. The van der Waals surface area contributed by atoms with Crippen LogP contribution in [0.15, 0.2) is 29.3 Å². The molecule has 0 saturated carbocycles. The van der Waals surface area contributed by atoms with E-state index in [1.54, 1.807) is 7.11 Å². The van der Waals surface area contributed by atoms with E-state index in [9.17, 15) is 4.79 Å². The van der Waals surface area contributed by atoms with Crippen LogP contribution in [0.1, 0.15) is 44.6 Å². The van der Waals surface area contributed by atoms with Crippen LogP contribution in [-0.4, -0.2) is 56.6 Å². The minimum Gasteiger partial charge on any atom is -0.497 e. The van der Waals surface area contributed by atoms with Gasteiger partial charge in [0.1, 0.15) is 5.75 Å². The third kappa shape index (κ3) is 7.89. The molecular weight excluding hydrogens is 340 g/mol. The number of carbonyl (C=O) groups is 1. The average molecular weight is 375 g/mol. The summed E-state index contributed by atoms with van der Waals surface area (Å²) in [6.07, 6.45) is 5.85. The zero-order chi connectivity index (χ0) is 19.3. The Morgan fingerprint density at radius 1 is 1.26 bits per heavy atom. The first kappa shape index (κ1) is 21.1. The standard InChI is InChI=1S/C21H34N4O2/c1-3-22-21(24-14-12-18-9-7-10-19(17-18)27-2)23-13-8-16-25-15-6-4-5-11-20(25)26/h7,9-10,17H,3-6,8,11-16H2,1-2H3,(H2,22,23,24). The van der Waals surface area contributed by atoms with Gasteiger partial charge < -0.3 is 20.3 Å². The summed E-state index contributed by atoms with van der Waals surface area (Å²) in [5.41, 5.74) is 1.23. The number of likely N-dealkylation sites (tertiary alicyclic amines) is 1. The van der Waals surface area contributed by atoms with E-state index in [2.05, 4.69) is 34.7 Å². The first-order chi connectivity index (χ1) is 13.2. The number of ether oxygens (including phenoxy) is 1. The van der Waals surface area contributed by atoms with Crippen molar-refractivity contribution in [3.05, 3.63) is 29.8 Å². The Labute approximate surface area is 163 Å². The van der Waals surface area contributed by atoms with Crippen molar-refractivity contribution in [2.45, 2.75) is 45.4 Å². The van der Waals surface area contributed by atoms with Gasteiger partial charge in [-0.25, -0.2) is 0 Å². The van der Waals surface area contributed by atoms with Gasteiger partial charge in [-0.15, -0.1) is 0 Å². The van der Waals surface area contributed by atoms with Crippen molar-refractivity contribution >= 4 is 11.9 Å². The number of carbonyl (C=O) groups excluding carboxylic acids is 1. The molecule has 1 amide bonds. The van der Waals surface area contributed by atoms with Crippen LogP contribution in [0.25, 0.3) is 0 Å². The van der Waals surface area contributed by atoms with Crippen molar-refractivity contribution in [2.75, 3.05) is 39.8 Å². The number of hydrogen-bond acceptors (Lipinski definition) is 3. The topological polar surface area (TPSA) is 66.0 Å². The number of benzene rings is 1. The predicted molar refractivity (Wildman–Crippen MR) is 110 cm³/mol. The second kappa shape index (κ2) is 12.2. The van der Waals surface area contributed by atoms with Crippen LogP contribution >= 0.6 is 0 Å². The molecule has 1 aliphatic rings. The van der Waals surface area contributed by atoms with Crippen LogP contribution in [0.4, 0.5) is 0 Å². The van der Waals surface area contributed by atoms with E-state index >= 15 is 0 Å². The smallest absolute Gasteiger partial charge is 0.222 e. The highest BCUT2D eigenvalue weighted by Crippen LogP contribution is 2.13. The molecule has 1 aromatic carbocycles. The van der Waals surface area contributed by atoms with E-state index < -0.39 is 0 Å². The van der Waals surface area contributed by atoms with E-state index in [-0.39, 0.29) is 0 Å². The summed E-state index contributed by atoms with van der Waals surface area (Å²) in [6, 6.07) is 8.13. The minimum absolute atomic E-state index is 0.305. The lowest BCUT2D eigenvalue weighted by molar-refractivity contribution is -0.130. The third-order valence-corrected chi connectivity index (χ3v) is 4.71. The number of aliphatic imine (C=N–C) groups is 1. The maximum Gasteiger partial charge on any atom is 0.222 e. The zero-order valence-electron chi connectivity index (χ0n) is 16.8. The van der Waals surface area contributed by atoms with Gasteiger partial charge in [0.25, 0.3) is 0 Å². The lowest BCUT2D eigenvalue weighted by Gasteiger charge is -2.20. The van der Waals surface area contributed by atoms with E-state index in [4.69, 9.17) is 4.74 Å². The minimum atomic E-state index is 0.305. The van der Waals surface area contributed by atoms with Crippen LogP contribution in [-0.2, 0) is 11.2 Å². The summed E-state index contributed by atoms with van der Waals surface area (Å²) in [5, 5.41) is 6.66. The van der Waals surface area contributed by atoms with Crippen LogP contribution < -0.4 is 15.4 Å². The van der Waals surface area contributed by atoms with Crippen molar-refractivity contribution in [1.29, 1.82) is 0 Å². The molecule has 6 heteroatoms. The number of amides is 1. The van der Waals surface area contributed by atoms with Crippen LogP contribution in [0, 0.1) is 0 Å². The number of guanidine groups is 1. The average Bonchev–Trinajstić information content (AvgIpc) is 2.89. The van der Waals surface area contributed by atoms with Gasteiger partial charge in [-0.3, -0.25) is 9.79 Å². The summed E-state index contributed by atoms with van der Waals surface area (Å²) in [4.78, 5) is 18.7. The summed E-state index contributed by atoms with van der Waals surface area (Å²) in [5.74, 6) is 2.03. The maximum absolute atomic E-state index is 12.0. The van der Waals surface area contributed by atoms with Gasteiger partial charge in [0.2, 0.25) is 5.91 Å². The molecule has 1 saturated heterocycles. The molecule has 2 rings (SSSR count). The molecule has 0 atom stereocenters. The summed E-state index contributed by atoms with van der Waals surface area (Å²) >= 11 is 0. The molecule has 0 aromatic heterocycles. The molecule has 6 nitrogen and oxygen atoms in total. The van der Waals surface area contributed by atoms with Gasteiger partial charge in [0.15, 0.2) is 5.96 Å². The Bertz CT molecular complexity index is 604. The normalized spacial score (nSPS) is 15.4. The number of methoxy groups -OCH3 is 1. The van der Waals surface area contributed by atoms with E-state index in [0.29, 0.717) is 12.3 Å². The molecular formula is C21H34N4O2. The Balaban J connectivity index is 1.73. The molecule has 1 aromatic rings. The predicted octanol–water partition coefficient (Wildman–Crippen LogP) is 2.59. The molecule has 0 bridgehead atoms. The Hall–Kier alpha value is -2.24. The fraction of sp³-hybridized carbons (Fsp3) is 0.619. The SMILES string of the molecule is CCNC(=NCCCN1CCCCCC1=O)NCCc1cccc(OC)c1. The van der Waals surface area contributed by atoms with Gasteiger partial charge in [-0.2, -0.15) is 0 Å². The summed E-state index contributed by atoms with van der Waals surface area (Å²) in [7, 11) is 1.69. The molecule has 1 aliphatic heterocycles. The van der Waals surface area contributed by atoms with Gasteiger partial charge in [-0.05, 0) is 50.3 Å². The largest absolute Gasteiger partial charge is 0.497 e. The van der Waals surface area contributed by atoms with Gasteiger partial charge in [0, 0.05) is 39.1 Å². The molecule has 2 N–H and O–H groups in total. The van der Waals surface area contributed by atoms with Crippen LogP contribution in [0.2, 0.25) is 0 Å². The highest BCUT2D eigenvalue weighted by Gasteiger charge is 2.15. The Kier molecular flexibility index (Phi) is 9.52. The molecule has 27 heavy (non-hydrogen) atoms. The Morgan fingerprint density at radius 3 is 2.96 bits per heavy atom. The van der Waals surface area contributed by atoms with Crippen molar-refractivity contribution in [1.82, 2.24) is 15.5 Å². The second-order valence-corrected chi connectivity index (χ2v) is 6.83. The Morgan fingerprint density at radius 2 is 2.15 bits per heavy atom. The fourth-order valence-corrected chi connectivity index (χ4v) is 3.22. The van der Waals surface area contributed by atoms with Crippen molar-refractivity contribution in [2.24, 2.45) is 4.99 Å². The molecule has 1 heterocycles. The lowest BCUT2D eigenvalue weighted by atomic mass is 10.1. The molecule has 0 unspecified atom stereocenters. The third-order valence-electron chi connectivity index (χ3n) is 4.71. The molecule has 1 fully saturated rings. The lowest BCUT2D eigenvalue weighted by Crippen LogP contribution is -2.38. The summed E-state index contributed by atoms with van der Waals surface area (Å²) < 4.78 is 5.27. The first-order valence-electron chi connectivity index (χ1n) is 10.2. The number of nitrogens with zero attached hydrogens (tertiary/aromatic N) is 2. The number of hydrogen-bond donors (Lipinski definition) is 2. The van der Waals surface area contributed by atoms with Crippen LogP contribution in [0.3, 0.4) is 0 Å². The maximum atomic E-state index is 12.0.